The van der Waals surface area contributed by atoms with E-state index in [2.05, 4.69) is 32.6 Å². The van der Waals surface area contributed by atoms with E-state index in [9.17, 15) is 4.39 Å². The molecule has 1 atom stereocenters. The molecule has 1 nitrogen and oxygen atoms in total. The van der Waals surface area contributed by atoms with Crippen LogP contribution in [0.3, 0.4) is 0 Å². The molecule has 74 valence electrons. The Bertz CT molecular complexity index is 117. The second-order valence-corrected chi connectivity index (χ2v) is 4.57. The predicted molar refractivity (Wildman–Crippen MR) is 52.1 cm³/mol. The van der Waals surface area contributed by atoms with Crippen LogP contribution in [-0.2, 0) is 0 Å². The summed E-state index contributed by atoms with van der Waals surface area (Å²) in [5.74, 6) is 0.155. The predicted octanol–water partition coefficient (Wildman–Crippen LogP) is 2.57. The molecule has 0 aliphatic heterocycles. The lowest BCUT2D eigenvalue weighted by Crippen LogP contribution is -2.34. The molecule has 0 fully saturated rings. The Morgan fingerprint density at radius 1 is 1.33 bits per heavy atom. The average molecular weight is 175 g/mol. The molecule has 0 saturated heterocycles. The smallest absolute Gasteiger partial charge is 0.0939 e. The first-order chi connectivity index (χ1) is 5.41. The van der Waals surface area contributed by atoms with E-state index in [1.54, 1.807) is 0 Å². The highest BCUT2D eigenvalue weighted by molar-refractivity contribution is 4.75. The average Bonchev–Trinajstić information content (AvgIpc) is 1.97. The highest BCUT2D eigenvalue weighted by atomic mass is 19.1. The monoisotopic (exact) mass is 175 g/mol. The minimum atomic E-state index is -0.214. The van der Waals surface area contributed by atoms with E-state index in [-0.39, 0.29) is 18.0 Å². The van der Waals surface area contributed by atoms with Gasteiger partial charge in [-0.2, -0.15) is 0 Å². The molecule has 0 aromatic carbocycles. The van der Waals surface area contributed by atoms with Gasteiger partial charge >= 0.3 is 0 Å². The molecule has 0 bridgehead atoms. The zero-order valence-corrected chi connectivity index (χ0v) is 9.02. The van der Waals surface area contributed by atoms with Crippen LogP contribution in [0.1, 0.15) is 27.7 Å². The summed E-state index contributed by atoms with van der Waals surface area (Å²) >= 11 is 0. The lowest BCUT2D eigenvalue weighted by Gasteiger charge is -2.31. The third kappa shape index (κ3) is 4.05. The van der Waals surface area contributed by atoms with E-state index in [1.165, 1.54) is 0 Å². The summed E-state index contributed by atoms with van der Waals surface area (Å²) in [6.45, 7) is 10.0. The van der Waals surface area contributed by atoms with Crippen LogP contribution >= 0.6 is 0 Å². The van der Waals surface area contributed by atoms with E-state index in [0.717, 1.165) is 13.1 Å². The van der Waals surface area contributed by atoms with Crippen molar-refractivity contribution in [3.05, 3.63) is 0 Å². The molecule has 0 spiro atoms. The number of hydrogen-bond donors (Lipinski definition) is 0. The molecule has 0 radical (unpaired) electrons. The zero-order valence-electron chi connectivity index (χ0n) is 9.02. The summed E-state index contributed by atoms with van der Waals surface area (Å²) in [6.07, 6.45) is 0. The van der Waals surface area contributed by atoms with Gasteiger partial charge in [0.2, 0.25) is 0 Å². The van der Waals surface area contributed by atoms with Gasteiger partial charge in [0, 0.05) is 12.5 Å². The number of halogens is 1. The minimum Gasteiger partial charge on any atom is -0.306 e. The molecule has 2 heteroatoms. The summed E-state index contributed by atoms with van der Waals surface area (Å²) in [5, 5.41) is 0. The molecule has 0 N–H and O–H groups in total. The van der Waals surface area contributed by atoms with Crippen molar-refractivity contribution in [3.8, 4) is 0 Å². The van der Waals surface area contributed by atoms with Crippen LogP contribution in [0.4, 0.5) is 4.39 Å². The quantitative estimate of drug-likeness (QED) is 0.634. The third-order valence-corrected chi connectivity index (χ3v) is 2.48. The first-order valence-electron chi connectivity index (χ1n) is 4.66. The Labute approximate surface area is 75.9 Å². The molecule has 0 aliphatic rings. The normalized spacial score (nSPS) is 15.2. The van der Waals surface area contributed by atoms with Gasteiger partial charge in [0.1, 0.15) is 0 Å². The van der Waals surface area contributed by atoms with Crippen molar-refractivity contribution >= 4 is 0 Å². The van der Waals surface area contributed by atoms with Crippen molar-refractivity contribution in [2.24, 2.45) is 11.3 Å². The Kier molecular flexibility index (Phi) is 4.76. The Hall–Kier alpha value is -0.110. The van der Waals surface area contributed by atoms with E-state index >= 15 is 0 Å². The molecule has 0 aromatic heterocycles. The van der Waals surface area contributed by atoms with Crippen LogP contribution in [-0.4, -0.2) is 31.7 Å². The van der Waals surface area contributed by atoms with Gasteiger partial charge in [-0.15, -0.1) is 0 Å². The van der Waals surface area contributed by atoms with Crippen LogP contribution in [0.5, 0.6) is 0 Å². The van der Waals surface area contributed by atoms with Gasteiger partial charge in [-0.3, -0.25) is 4.39 Å². The van der Waals surface area contributed by atoms with Crippen LogP contribution < -0.4 is 0 Å². The fourth-order valence-corrected chi connectivity index (χ4v) is 1.06. The van der Waals surface area contributed by atoms with E-state index < -0.39 is 0 Å². The molecular weight excluding hydrogens is 153 g/mol. The molecular formula is C10H22FN. The van der Waals surface area contributed by atoms with Crippen LogP contribution in [0.2, 0.25) is 0 Å². The summed E-state index contributed by atoms with van der Waals surface area (Å²) in [6, 6.07) is 0. The second kappa shape index (κ2) is 4.80. The fourth-order valence-electron chi connectivity index (χ4n) is 1.06. The largest absolute Gasteiger partial charge is 0.306 e. The highest BCUT2D eigenvalue weighted by Crippen LogP contribution is 2.26. The van der Waals surface area contributed by atoms with Gasteiger partial charge in [-0.1, -0.05) is 27.7 Å². The van der Waals surface area contributed by atoms with Gasteiger partial charge in [0.15, 0.2) is 0 Å². The number of nitrogens with zero attached hydrogens (tertiary/aromatic N) is 1. The van der Waals surface area contributed by atoms with Crippen molar-refractivity contribution in [3.63, 3.8) is 0 Å². The van der Waals surface area contributed by atoms with Crippen molar-refractivity contribution in [2.45, 2.75) is 27.7 Å². The SMILES string of the molecule is CCN(C)CC(CF)C(C)(C)C. The third-order valence-electron chi connectivity index (χ3n) is 2.48. The fraction of sp³-hybridized carbons (Fsp3) is 1.00. The summed E-state index contributed by atoms with van der Waals surface area (Å²) in [4.78, 5) is 2.16. The Morgan fingerprint density at radius 2 is 1.83 bits per heavy atom. The number of alkyl halides is 1. The summed E-state index contributed by atoms with van der Waals surface area (Å²) in [7, 11) is 2.04. The zero-order chi connectivity index (χ0) is 9.78. The topological polar surface area (TPSA) is 3.24 Å². The van der Waals surface area contributed by atoms with Crippen LogP contribution in [0.25, 0.3) is 0 Å². The maximum absolute atomic E-state index is 12.6. The molecule has 0 rings (SSSR count). The molecule has 0 amide bonds. The van der Waals surface area contributed by atoms with Gasteiger partial charge in [-0.25, -0.2) is 0 Å². The molecule has 12 heavy (non-hydrogen) atoms. The van der Waals surface area contributed by atoms with E-state index in [1.807, 2.05) is 7.05 Å². The van der Waals surface area contributed by atoms with Crippen LogP contribution in [0, 0.1) is 11.3 Å². The Balaban J connectivity index is 4.00. The highest BCUT2D eigenvalue weighted by Gasteiger charge is 2.25. The van der Waals surface area contributed by atoms with E-state index in [0.29, 0.717) is 0 Å². The minimum absolute atomic E-state index is 0.0815. The van der Waals surface area contributed by atoms with Crippen LogP contribution in [0.15, 0.2) is 0 Å². The summed E-state index contributed by atoms with van der Waals surface area (Å²) in [5.41, 5.74) is 0.0815. The van der Waals surface area contributed by atoms with E-state index in [4.69, 9.17) is 0 Å². The van der Waals surface area contributed by atoms with Gasteiger partial charge in [-0.05, 0) is 19.0 Å². The lowest BCUT2D eigenvalue weighted by atomic mass is 9.81. The van der Waals surface area contributed by atoms with Crippen molar-refractivity contribution < 1.29 is 4.39 Å². The lowest BCUT2D eigenvalue weighted by molar-refractivity contribution is 0.140. The van der Waals surface area contributed by atoms with Gasteiger partial charge < -0.3 is 4.90 Å². The van der Waals surface area contributed by atoms with Gasteiger partial charge in [0.25, 0.3) is 0 Å². The summed E-state index contributed by atoms with van der Waals surface area (Å²) < 4.78 is 12.6. The number of hydrogen-bond acceptors (Lipinski definition) is 1. The van der Waals surface area contributed by atoms with Crippen molar-refractivity contribution in [2.75, 3.05) is 26.8 Å². The molecule has 1 unspecified atom stereocenters. The van der Waals surface area contributed by atoms with Gasteiger partial charge in [0.05, 0.1) is 6.67 Å². The first kappa shape index (κ1) is 11.9. The standard InChI is InChI=1S/C10H22FN/c1-6-12(5)8-9(7-11)10(2,3)4/h9H,6-8H2,1-5H3. The Morgan fingerprint density at radius 3 is 2.08 bits per heavy atom. The molecule has 0 aromatic rings. The molecule has 0 saturated carbocycles. The maximum Gasteiger partial charge on any atom is 0.0939 e. The maximum atomic E-state index is 12.6. The van der Waals surface area contributed by atoms with Crippen molar-refractivity contribution in [1.29, 1.82) is 0 Å². The second-order valence-electron chi connectivity index (χ2n) is 4.57. The van der Waals surface area contributed by atoms with Crippen molar-refractivity contribution in [1.82, 2.24) is 4.90 Å². The first-order valence-corrected chi connectivity index (χ1v) is 4.66. The molecule has 0 heterocycles. The number of rotatable bonds is 4. The molecule has 0 aliphatic carbocycles.